The number of nitrogens with two attached hydrogens (primary N) is 1. The highest BCUT2D eigenvalue weighted by molar-refractivity contribution is 7.14. The summed E-state index contributed by atoms with van der Waals surface area (Å²) in [7, 11) is 0. The van der Waals surface area contributed by atoms with E-state index in [2.05, 4.69) is 42.2 Å². The van der Waals surface area contributed by atoms with Gasteiger partial charge in [0.2, 0.25) is 0 Å². The minimum absolute atomic E-state index is 0.707. The van der Waals surface area contributed by atoms with Gasteiger partial charge in [-0.2, -0.15) is 0 Å². The molecule has 0 radical (unpaired) electrons. The number of hydrogen-bond donors (Lipinski definition) is 1. The van der Waals surface area contributed by atoms with Crippen molar-refractivity contribution in [3.05, 3.63) is 34.3 Å². The second-order valence-electron chi connectivity index (χ2n) is 4.27. The van der Waals surface area contributed by atoms with Gasteiger partial charge < -0.3 is 5.73 Å². The van der Waals surface area contributed by atoms with Crippen LogP contribution in [-0.4, -0.2) is 16.7 Å². The van der Waals surface area contributed by atoms with Crippen molar-refractivity contribution in [1.29, 1.82) is 0 Å². The van der Waals surface area contributed by atoms with Crippen LogP contribution in [0.4, 0.5) is 0 Å². The zero-order valence-corrected chi connectivity index (χ0v) is 11.0. The molecule has 0 saturated carbocycles. The highest BCUT2D eigenvalue weighted by atomic mass is 32.1. The van der Waals surface area contributed by atoms with Crippen molar-refractivity contribution in [2.75, 3.05) is 6.54 Å². The average molecular weight is 247 g/mol. The van der Waals surface area contributed by atoms with Crippen molar-refractivity contribution >= 4 is 11.3 Å². The van der Waals surface area contributed by atoms with E-state index in [-0.39, 0.29) is 0 Å². The number of nitrogens with zero attached hydrogens (tertiary/aromatic N) is 2. The predicted molar refractivity (Wildman–Crippen MR) is 72.2 cm³/mol. The SMILES string of the molecule is Cc1cc(C)cc(-c2nnc(CCCN)s2)c1. The molecule has 3 nitrogen and oxygen atoms in total. The van der Waals surface area contributed by atoms with Gasteiger partial charge in [0.1, 0.15) is 10.0 Å². The van der Waals surface area contributed by atoms with E-state index < -0.39 is 0 Å². The first-order valence-electron chi connectivity index (χ1n) is 5.80. The third-order valence-electron chi connectivity index (χ3n) is 2.53. The van der Waals surface area contributed by atoms with E-state index in [1.165, 1.54) is 16.7 Å². The van der Waals surface area contributed by atoms with Gasteiger partial charge in [0.15, 0.2) is 0 Å². The summed E-state index contributed by atoms with van der Waals surface area (Å²) in [6.07, 6.45) is 1.90. The molecule has 0 unspecified atom stereocenters. The first-order valence-corrected chi connectivity index (χ1v) is 6.62. The van der Waals surface area contributed by atoms with E-state index in [0.29, 0.717) is 6.54 Å². The van der Waals surface area contributed by atoms with E-state index in [1.54, 1.807) is 11.3 Å². The number of hydrogen-bond acceptors (Lipinski definition) is 4. The van der Waals surface area contributed by atoms with Crippen LogP contribution in [0.3, 0.4) is 0 Å². The molecule has 0 spiro atoms. The van der Waals surface area contributed by atoms with Gasteiger partial charge in [-0.25, -0.2) is 0 Å². The second-order valence-corrected chi connectivity index (χ2v) is 5.33. The van der Waals surface area contributed by atoms with Crippen LogP contribution in [0.25, 0.3) is 10.6 Å². The standard InChI is InChI=1S/C13H17N3S/c1-9-6-10(2)8-11(7-9)13-16-15-12(17-13)4-3-5-14/h6-8H,3-5,14H2,1-2H3. The lowest BCUT2D eigenvalue weighted by Crippen LogP contribution is -1.99. The topological polar surface area (TPSA) is 51.8 Å². The van der Waals surface area contributed by atoms with Crippen molar-refractivity contribution in [3.8, 4) is 10.6 Å². The Morgan fingerprint density at radius 2 is 1.82 bits per heavy atom. The quantitative estimate of drug-likeness (QED) is 0.903. The van der Waals surface area contributed by atoms with Gasteiger partial charge in [-0.15, -0.1) is 10.2 Å². The fraction of sp³-hybridized carbons (Fsp3) is 0.385. The van der Waals surface area contributed by atoms with Crippen molar-refractivity contribution < 1.29 is 0 Å². The summed E-state index contributed by atoms with van der Waals surface area (Å²) < 4.78 is 0. The largest absolute Gasteiger partial charge is 0.330 e. The summed E-state index contributed by atoms with van der Waals surface area (Å²) in [6, 6.07) is 6.47. The van der Waals surface area contributed by atoms with Crippen LogP contribution in [-0.2, 0) is 6.42 Å². The fourth-order valence-corrected chi connectivity index (χ4v) is 2.69. The summed E-state index contributed by atoms with van der Waals surface area (Å²) in [5, 5.41) is 10.5. The Balaban J connectivity index is 2.24. The molecule has 0 fully saturated rings. The maximum Gasteiger partial charge on any atom is 0.147 e. The molecule has 1 aromatic heterocycles. The summed E-state index contributed by atoms with van der Waals surface area (Å²) in [5.41, 5.74) is 9.18. The Hall–Kier alpha value is -1.26. The van der Waals surface area contributed by atoms with Gasteiger partial charge >= 0.3 is 0 Å². The summed E-state index contributed by atoms with van der Waals surface area (Å²) >= 11 is 1.67. The van der Waals surface area contributed by atoms with Gasteiger partial charge in [0, 0.05) is 12.0 Å². The van der Waals surface area contributed by atoms with Gasteiger partial charge in [-0.1, -0.05) is 28.5 Å². The van der Waals surface area contributed by atoms with E-state index in [9.17, 15) is 0 Å². The lowest BCUT2D eigenvalue weighted by atomic mass is 10.1. The highest BCUT2D eigenvalue weighted by Crippen LogP contribution is 2.25. The second kappa shape index (κ2) is 5.38. The zero-order chi connectivity index (χ0) is 12.3. The molecule has 17 heavy (non-hydrogen) atoms. The molecular formula is C13H17N3S. The minimum atomic E-state index is 0.707. The maximum atomic E-state index is 5.49. The molecule has 4 heteroatoms. The Morgan fingerprint density at radius 1 is 1.12 bits per heavy atom. The van der Waals surface area contributed by atoms with Crippen LogP contribution >= 0.6 is 11.3 Å². The Bertz CT molecular complexity index is 485. The summed E-state index contributed by atoms with van der Waals surface area (Å²) in [4.78, 5) is 0. The van der Waals surface area contributed by atoms with Gasteiger partial charge in [0.05, 0.1) is 0 Å². The lowest BCUT2D eigenvalue weighted by molar-refractivity contribution is 0.812. The average Bonchev–Trinajstić information content (AvgIpc) is 2.73. The third kappa shape index (κ3) is 3.11. The van der Waals surface area contributed by atoms with Crippen LogP contribution in [0.5, 0.6) is 0 Å². The van der Waals surface area contributed by atoms with Gasteiger partial charge in [0.25, 0.3) is 0 Å². The summed E-state index contributed by atoms with van der Waals surface area (Å²) in [5.74, 6) is 0. The van der Waals surface area contributed by atoms with Gasteiger partial charge in [-0.3, -0.25) is 0 Å². The first kappa shape index (κ1) is 12.2. The van der Waals surface area contributed by atoms with Crippen molar-refractivity contribution in [2.45, 2.75) is 26.7 Å². The molecule has 0 aliphatic carbocycles. The predicted octanol–water partition coefficient (Wildman–Crippen LogP) is 2.71. The number of aryl methyl sites for hydroxylation is 3. The number of aromatic nitrogens is 2. The smallest absolute Gasteiger partial charge is 0.147 e. The maximum absolute atomic E-state index is 5.49. The molecule has 0 bridgehead atoms. The monoisotopic (exact) mass is 247 g/mol. The van der Waals surface area contributed by atoms with Crippen molar-refractivity contribution in [1.82, 2.24) is 10.2 Å². The van der Waals surface area contributed by atoms with Crippen LogP contribution in [0.2, 0.25) is 0 Å². The van der Waals surface area contributed by atoms with Gasteiger partial charge in [-0.05, 0) is 38.9 Å². The van der Waals surface area contributed by atoms with Crippen LogP contribution in [0, 0.1) is 13.8 Å². The molecule has 2 aromatic rings. The van der Waals surface area contributed by atoms with E-state index in [1.807, 2.05) is 0 Å². The third-order valence-corrected chi connectivity index (χ3v) is 3.56. The molecule has 1 aromatic carbocycles. The molecular weight excluding hydrogens is 230 g/mol. The zero-order valence-electron chi connectivity index (χ0n) is 10.2. The number of rotatable bonds is 4. The Morgan fingerprint density at radius 3 is 2.47 bits per heavy atom. The Labute approximate surface area is 106 Å². The van der Waals surface area contributed by atoms with Crippen molar-refractivity contribution in [3.63, 3.8) is 0 Å². The van der Waals surface area contributed by atoms with E-state index in [4.69, 9.17) is 5.73 Å². The molecule has 0 atom stereocenters. The van der Waals surface area contributed by atoms with Crippen molar-refractivity contribution in [2.24, 2.45) is 5.73 Å². The fourth-order valence-electron chi connectivity index (χ4n) is 1.82. The molecule has 2 rings (SSSR count). The van der Waals surface area contributed by atoms with E-state index >= 15 is 0 Å². The Kier molecular flexibility index (Phi) is 3.86. The molecule has 1 heterocycles. The van der Waals surface area contributed by atoms with Crippen LogP contribution in [0.1, 0.15) is 22.6 Å². The highest BCUT2D eigenvalue weighted by Gasteiger charge is 2.07. The van der Waals surface area contributed by atoms with E-state index in [0.717, 1.165) is 22.9 Å². The molecule has 0 aliphatic rings. The normalized spacial score (nSPS) is 10.8. The molecule has 0 amide bonds. The molecule has 90 valence electrons. The molecule has 0 aliphatic heterocycles. The molecule has 2 N–H and O–H groups in total. The van der Waals surface area contributed by atoms with Crippen LogP contribution < -0.4 is 5.73 Å². The van der Waals surface area contributed by atoms with Crippen LogP contribution in [0.15, 0.2) is 18.2 Å². The first-order chi connectivity index (χ1) is 8.19. The lowest BCUT2D eigenvalue weighted by Gasteiger charge is -2.00. The summed E-state index contributed by atoms with van der Waals surface area (Å²) in [6.45, 7) is 4.91. The molecule has 0 saturated heterocycles. The minimum Gasteiger partial charge on any atom is -0.330 e. The number of benzene rings is 1.